The van der Waals surface area contributed by atoms with E-state index in [0.29, 0.717) is 29.1 Å². The largest absolute Gasteiger partial charge is 0.489 e. The van der Waals surface area contributed by atoms with Crippen molar-refractivity contribution in [2.24, 2.45) is 0 Å². The van der Waals surface area contributed by atoms with Crippen molar-refractivity contribution < 1.29 is 13.2 Å². The van der Waals surface area contributed by atoms with Crippen molar-refractivity contribution in [1.29, 1.82) is 0 Å². The molecule has 2 aromatic heterocycles. The van der Waals surface area contributed by atoms with Crippen LogP contribution >= 0.6 is 22.9 Å². The van der Waals surface area contributed by atoms with Gasteiger partial charge < -0.3 is 9.64 Å². The first-order valence-electron chi connectivity index (χ1n) is 7.60. The van der Waals surface area contributed by atoms with Crippen molar-refractivity contribution in [2.75, 3.05) is 22.8 Å². The number of fused-ring (bicyclic) bond motifs is 1. The Morgan fingerprint density at radius 1 is 1.27 bits per heavy atom. The van der Waals surface area contributed by atoms with Gasteiger partial charge in [-0.25, -0.2) is 13.4 Å². The van der Waals surface area contributed by atoms with Crippen molar-refractivity contribution >= 4 is 49.5 Å². The highest BCUT2D eigenvalue weighted by Gasteiger charge is 2.24. The molecule has 3 aromatic rings. The van der Waals surface area contributed by atoms with Crippen LogP contribution in [-0.4, -0.2) is 31.5 Å². The number of sulfonamides is 1. The zero-order valence-corrected chi connectivity index (χ0v) is 15.7. The lowest BCUT2D eigenvalue weighted by molar-refractivity contribution is 0.313. The summed E-state index contributed by atoms with van der Waals surface area (Å²) in [6, 6.07) is 6.56. The zero-order chi connectivity index (χ0) is 18.1. The number of thiazole rings is 1. The average Bonchev–Trinajstić information content (AvgIpc) is 3.13. The van der Waals surface area contributed by atoms with Gasteiger partial charge in [0.05, 0.1) is 34.0 Å². The standard InChI is InChI=1S/C16H13ClN4O3S2/c17-11-7-12(10-18-9-11)21-4-5-24-15-8-13(1-2-14(15)21)26(22,23)20-16-19-3-6-25-16/h1-3,6-10H,4-5H2,(H,19,20). The molecule has 0 atom stereocenters. The summed E-state index contributed by atoms with van der Waals surface area (Å²) in [5.41, 5.74) is 1.58. The molecule has 0 bridgehead atoms. The van der Waals surface area contributed by atoms with Gasteiger partial charge in [0.2, 0.25) is 0 Å². The number of ether oxygens (including phenoxy) is 1. The summed E-state index contributed by atoms with van der Waals surface area (Å²) in [5.74, 6) is 0.484. The number of nitrogens with zero attached hydrogens (tertiary/aromatic N) is 3. The van der Waals surface area contributed by atoms with Gasteiger partial charge in [-0.1, -0.05) is 11.6 Å². The zero-order valence-electron chi connectivity index (χ0n) is 13.3. The van der Waals surface area contributed by atoms with Crippen LogP contribution in [0.25, 0.3) is 0 Å². The number of benzene rings is 1. The van der Waals surface area contributed by atoms with Crippen LogP contribution in [0, 0.1) is 0 Å². The normalized spacial score (nSPS) is 13.8. The lowest BCUT2D eigenvalue weighted by Gasteiger charge is -2.31. The minimum atomic E-state index is -3.74. The Kier molecular flexibility index (Phi) is 4.43. The van der Waals surface area contributed by atoms with Gasteiger partial charge in [-0.05, 0) is 18.2 Å². The van der Waals surface area contributed by atoms with E-state index < -0.39 is 10.0 Å². The van der Waals surface area contributed by atoms with Gasteiger partial charge in [-0.15, -0.1) is 11.3 Å². The molecule has 0 saturated heterocycles. The molecule has 0 radical (unpaired) electrons. The Balaban J connectivity index is 1.68. The Bertz CT molecular complexity index is 1040. The van der Waals surface area contributed by atoms with Crippen molar-refractivity contribution in [1.82, 2.24) is 9.97 Å². The second kappa shape index (κ2) is 6.75. The minimum Gasteiger partial charge on any atom is -0.489 e. The Hall–Kier alpha value is -2.36. The molecule has 0 saturated carbocycles. The fraction of sp³-hybridized carbons (Fsp3) is 0.125. The summed E-state index contributed by atoms with van der Waals surface area (Å²) >= 11 is 7.24. The summed E-state index contributed by atoms with van der Waals surface area (Å²) < 4.78 is 33.2. The average molecular weight is 409 g/mol. The van der Waals surface area contributed by atoms with E-state index in [1.54, 1.807) is 29.9 Å². The van der Waals surface area contributed by atoms with Crippen molar-refractivity contribution in [3.05, 3.63) is 53.3 Å². The van der Waals surface area contributed by atoms with Crippen LogP contribution in [0.4, 0.5) is 16.5 Å². The highest BCUT2D eigenvalue weighted by molar-refractivity contribution is 7.93. The van der Waals surface area contributed by atoms with Crippen LogP contribution in [0.3, 0.4) is 0 Å². The molecule has 3 heterocycles. The molecular formula is C16H13ClN4O3S2. The first-order chi connectivity index (χ1) is 12.5. The number of pyridine rings is 1. The van der Waals surface area contributed by atoms with Crippen LogP contribution in [0.15, 0.2) is 53.1 Å². The fourth-order valence-electron chi connectivity index (χ4n) is 2.63. The number of nitrogens with one attached hydrogen (secondary N) is 1. The molecular weight excluding hydrogens is 396 g/mol. The molecule has 1 aromatic carbocycles. The van der Waals surface area contributed by atoms with Crippen LogP contribution < -0.4 is 14.4 Å². The van der Waals surface area contributed by atoms with E-state index in [1.807, 2.05) is 4.90 Å². The summed E-state index contributed by atoms with van der Waals surface area (Å²) in [6.07, 6.45) is 4.80. The second-order valence-electron chi connectivity index (χ2n) is 5.43. The molecule has 7 nitrogen and oxygen atoms in total. The molecule has 10 heteroatoms. The maximum atomic E-state index is 12.5. The summed E-state index contributed by atoms with van der Waals surface area (Å²) in [7, 11) is -3.74. The molecule has 4 rings (SSSR count). The van der Waals surface area contributed by atoms with E-state index in [9.17, 15) is 8.42 Å². The third-order valence-corrected chi connectivity index (χ3v) is 6.12. The van der Waals surface area contributed by atoms with E-state index in [0.717, 1.165) is 11.4 Å². The smallest absolute Gasteiger partial charge is 0.263 e. The Morgan fingerprint density at radius 2 is 2.15 bits per heavy atom. The molecule has 0 aliphatic carbocycles. The highest BCUT2D eigenvalue weighted by atomic mass is 35.5. The number of hydrogen-bond acceptors (Lipinski definition) is 7. The van der Waals surface area contributed by atoms with E-state index in [-0.39, 0.29) is 4.90 Å². The molecule has 1 aliphatic heterocycles. The van der Waals surface area contributed by atoms with Crippen molar-refractivity contribution in [2.45, 2.75) is 4.90 Å². The van der Waals surface area contributed by atoms with E-state index in [4.69, 9.17) is 16.3 Å². The summed E-state index contributed by atoms with van der Waals surface area (Å²) in [6.45, 7) is 1.03. The lowest BCUT2D eigenvalue weighted by atomic mass is 10.2. The van der Waals surface area contributed by atoms with Gasteiger partial charge in [-0.2, -0.15) is 0 Å². The SMILES string of the molecule is O=S(=O)(Nc1nccs1)c1ccc2c(c1)OCCN2c1cncc(Cl)c1. The van der Waals surface area contributed by atoms with Gasteiger partial charge >= 0.3 is 0 Å². The second-order valence-corrected chi connectivity index (χ2v) is 8.45. The van der Waals surface area contributed by atoms with Crippen LogP contribution in [-0.2, 0) is 10.0 Å². The van der Waals surface area contributed by atoms with Crippen molar-refractivity contribution in [3.63, 3.8) is 0 Å². The van der Waals surface area contributed by atoms with Crippen LogP contribution in [0.1, 0.15) is 0 Å². The van der Waals surface area contributed by atoms with E-state index >= 15 is 0 Å². The number of halogens is 1. The first kappa shape index (κ1) is 17.1. The minimum absolute atomic E-state index is 0.109. The van der Waals surface area contributed by atoms with Gasteiger partial charge in [0, 0.05) is 23.8 Å². The van der Waals surface area contributed by atoms with Gasteiger partial charge in [0.15, 0.2) is 5.13 Å². The Morgan fingerprint density at radius 3 is 2.92 bits per heavy atom. The quantitative estimate of drug-likeness (QED) is 0.711. The molecule has 0 unspecified atom stereocenters. The number of rotatable bonds is 4. The number of hydrogen-bond donors (Lipinski definition) is 1. The highest BCUT2D eigenvalue weighted by Crippen LogP contribution is 2.38. The van der Waals surface area contributed by atoms with E-state index in [2.05, 4.69) is 14.7 Å². The molecule has 134 valence electrons. The number of anilines is 3. The maximum absolute atomic E-state index is 12.5. The number of aromatic nitrogens is 2. The van der Waals surface area contributed by atoms with Gasteiger partial charge in [0.25, 0.3) is 10.0 Å². The predicted molar refractivity (Wildman–Crippen MR) is 101 cm³/mol. The Labute approximate surface area is 159 Å². The van der Waals surface area contributed by atoms with Crippen molar-refractivity contribution in [3.8, 4) is 5.75 Å². The predicted octanol–water partition coefficient (Wildman–Crippen LogP) is 3.52. The monoisotopic (exact) mass is 408 g/mol. The summed E-state index contributed by atoms with van der Waals surface area (Å²) in [4.78, 5) is 10.1. The lowest BCUT2D eigenvalue weighted by Crippen LogP contribution is -2.29. The summed E-state index contributed by atoms with van der Waals surface area (Å²) in [5, 5.41) is 2.54. The van der Waals surface area contributed by atoms with Crippen LogP contribution in [0.5, 0.6) is 5.75 Å². The van der Waals surface area contributed by atoms with E-state index in [1.165, 1.54) is 29.7 Å². The van der Waals surface area contributed by atoms with Gasteiger partial charge in [-0.3, -0.25) is 9.71 Å². The molecule has 1 N–H and O–H groups in total. The molecule has 0 spiro atoms. The van der Waals surface area contributed by atoms with Crippen LogP contribution in [0.2, 0.25) is 5.02 Å². The third-order valence-electron chi connectivity index (χ3n) is 3.76. The first-order valence-corrected chi connectivity index (χ1v) is 10.3. The fourth-order valence-corrected chi connectivity index (χ4v) is 4.60. The topological polar surface area (TPSA) is 84.4 Å². The third kappa shape index (κ3) is 3.33. The molecule has 0 fully saturated rings. The van der Waals surface area contributed by atoms with Gasteiger partial charge in [0.1, 0.15) is 12.4 Å². The molecule has 26 heavy (non-hydrogen) atoms. The maximum Gasteiger partial charge on any atom is 0.263 e. The molecule has 0 amide bonds. The molecule has 1 aliphatic rings.